The standard InChI is InChI=1S/C24H32N4O3/c29-18-25-23-7-6-21(30)14-22(23)20-8-9-27(16-20)17-24(31)28-12-10-26(11-13-28)15-19-4-2-1-3-5-19/h1-7,18,20,22,30H,8-17H2,(H,25,29)/t20-,22?/m1/s1. The molecule has 0 spiro atoms. The number of carbonyl (C=O) groups is 2. The lowest BCUT2D eigenvalue weighted by atomic mass is 9.83. The lowest BCUT2D eigenvalue weighted by Gasteiger charge is -2.35. The molecule has 1 aromatic carbocycles. The fourth-order valence-corrected chi connectivity index (χ4v) is 4.98. The van der Waals surface area contributed by atoms with Crippen molar-refractivity contribution in [2.45, 2.75) is 19.4 Å². The number of carbonyl (C=O) groups excluding carboxylic acids is 2. The quantitative estimate of drug-likeness (QED) is 0.652. The summed E-state index contributed by atoms with van der Waals surface area (Å²) in [7, 11) is 0. The first-order chi connectivity index (χ1) is 15.1. The summed E-state index contributed by atoms with van der Waals surface area (Å²) < 4.78 is 0. The van der Waals surface area contributed by atoms with Crippen molar-refractivity contribution in [1.29, 1.82) is 0 Å². The van der Waals surface area contributed by atoms with Crippen LogP contribution in [0.25, 0.3) is 0 Å². The zero-order valence-electron chi connectivity index (χ0n) is 17.9. The minimum Gasteiger partial charge on any atom is -0.512 e. The van der Waals surface area contributed by atoms with Crippen molar-refractivity contribution < 1.29 is 14.7 Å². The Balaban J connectivity index is 1.23. The maximum atomic E-state index is 12.9. The molecule has 2 saturated heterocycles. The number of nitrogens with one attached hydrogen (secondary N) is 1. The van der Waals surface area contributed by atoms with E-state index in [-0.39, 0.29) is 11.8 Å². The van der Waals surface area contributed by atoms with E-state index >= 15 is 0 Å². The summed E-state index contributed by atoms with van der Waals surface area (Å²) >= 11 is 0. The molecule has 3 aliphatic rings. The van der Waals surface area contributed by atoms with Gasteiger partial charge in [0, 0.05) is 57.3 Å². The van der Waals surface area contributed by atoms with E-state index in [1.54, 1.807) is 12.2 Å². The number of piperazine rings is 1. The van der Waals surface area contributed by atoms with Crippen LogP contribution in [0.4, 0.5) is 0 Å². The van der Waals surface area contributed by atoms with E-state index in [2.05, 4.69) is 39.4 Å². The lowest BCUT2D eigenvalue weighted by Crippen LogP contribution is -2.50. The molecule has 1 aromatic rings. The zero-order valence-corrected chi connectivity index (χ0v) is 17.9. The largest absolute Gasteiger partial charge is 0.512 e. The zero-order chi connectivity index (χ0) is 21.6. The third kappa shape index (κ3) is 5.54. The molecule has 31 heavy (non-hydrogen) atoms. The van der Waals surface area contributed by atoms with Crippen molar-refractivity contribution in [2.75, 3.05) is 45.8 Å². The summed E-state index contributed by atoms with van der Waals surface area (Å²) in [6.07, 6.45) is 5.65. The molecule has 2 heterocycles. The van der Waals surface area contributed by atoms with Crippen LogP contribution in [0.2, 0.25) is 0 Å². The minimum absolute atomic E-state index is 0.0943. The van der Waals surface area contributed by atoms with Crippen LogP contribution in [0, 0.1) is 11.8 Å². The molecule has 0 bridgehead atoms. The number of hydrogen-bond acceptors (Lipinski definition) is 5. The molecule has 0 radical (unpaired) electrons. The second kappa shape index (κ2) is 10.1. The summed E-state index contributed by atoms with van der Waals surface area (Å²) in [5, 5.41) is 12.7. The monoisotopic (exact) mass is 424 g/mol. The Labute approximate surface area is 184 Å². The van der Waals surface area contributed by atoms with E-state index in [9.17, 15) is 14.7 Å². The molecule has 4 rings (SSSR count). The van der Waals surface area contributed by atoms with Gasteiger partial charge in [0.1, 0.15) is 0 Å². The molecule has 0 saturated carbocycles. The number of aliphatic hydroxyl groups excluding tert-OH is 1. The smallest absolute Gasteiger partial charge is 0.236 e. The molecular weight excluding hydrogens is 392 g/mol. The highest BCUT2D eigenvalue weighted by Crippen LogP contribution is 2.34. The predicted molar refractivity (Wildman–Crippen MR) is 119 cm³/mol. The summed E-state index contributed by atoms with van der Waals surface area (Å²) in [6.45, 7) is 6.44. The van der Waals surface area contributed by atoms with Crippen LogP contribution in [0.5, 0.6) is 0 Å². The van der Waals surface area contributed by atoms with Gasteiger partial charge in [0.05, 0.1) is 12.3 Å². The van der Waals surface area contributed by atoms with Crippen LogP contribution in [0.15, 0.2) is 53.9 Å². The molecule has 7 heteroatoms. The van der Waals surface area contributed by atoms with Gasteiger partial charge >= 0.3 is 0 Å². The summed E-state index contributed by atoms with van der Waals surface area (Å²) in [4.78, 5) is 30.4. The molecule has 1 unspecified atom stereocenters. The van der Waals surface area contributed by atoms with Gasteiger partial charge in [0.25, 0.3) is 0 Å². The average molecular weight is 425 g/mol. The van der Waals surface area contributed by atoms with E-state index < -0.39 is 0 Å². The van der Waals surface area contributed by atoms with Crippen LogP contribution in [0.1, 0.15) is 18.4 Å². The van der Waals surface area contributed by atoms with Gasteiger partial charge in [-0.1, -0.05) is 30.3 Å². The van der Waals surface area contributed by atoms with Gasteiger partial charge in [-0.25, -0.2) is 0 Å². The Kier molecular flexibility index (Phi) is 7.04. The molecule has 1 aliphatic carbocycles. The maximum Gasteiger partial charge on any atom is 0.236 e. The highest BCUT2D eigenvalue weighted by Gasteiger charge is 2.34. The number of amides is 2. The van der Waals surface area contributed by atoms with Crippen LogP contribution in [-0.4, -0.2) is 77.9 Å². The molecular formula is C24H32N4O3. The number of nitrogens with zero attached hydrogens (tertiary/aromatic N) is 3. The Morgan fingerprint density at radius 1 is 1.06 bits per heavy atom. The normalized spacial score (nSPS) is 25.1. The Morgan fingerprint density at radius 3 is 2.58 bits per heavy atom. The second-order valence-electron chi connectivity index (χ2n) is 8.78. The van der Waals surface area contributed by atoms with E-state index in [1.807, 2.05) is 11.0 Å². The number of hydrogen-bond donors (Lipinski definition) is 2. The highest BCUT2D eigenvalue weighted by molar-refractivity contribution is 5.78. The molecule has 2 fully saturated rings. The third-order valence-corrected chi connectivity index (χ3v) is 6.72. The van der Waals surface area contributed by atoms with Gasteiger partial charge in [-0.15, -0.1) is 0 Å². The number of benzene rings is 1. The molecule has 166 valence electrons. The van der Waals surface area contributed by atoms with Crippen LogP contribution in [-0.2, 0) is 16.1 Å². The third-order valence-electron chi connectivity index (χ3n) is 6.72. The van der Waals surface area contributed by atoms with Gasteiger partial charge in [-0.3, -0.25) is 19.4 Å². The first-order valence-electron chi connectivity index (χ1n) is 11.2. The van der Waals surface area contributed by atoms with E-state index in [4.69, 9.17) is 0 Å². The van der Waals surface area contributed by atoms with Crippen molar-refractivity contribution in [3.8, 4) is 0 Å². The Morgan fingerprint density at radius 2 is 1.84 bits per heavy atom. The molecule has 7 nitrogen and oxygen atoms in total. The van der Waals surface area contributed by atoms with E-state index in [1.165, 1.54) is 5.56 Å². The highest BCUT2D eigenvalue weighted by atomic mass is 16.3. The van der Waals surface area contributed by atoms with Crippen LogP contribution < -0.4 is 5.32 Å². The minimum atomic E-state index is 0.0943. The fourth-order valence-electron chi connectivity index (χ4n) is 4.98. The lowest BCUT2D eigenvalue weighted by molar-refractivity contribution is -0.134. The van der Waals surface area contributed by atoms with Gasteiger partial charge in [0.15, 0.2) is 0 Å². The summed E-state index contributed by atoms with van der Waals surface area (Å²) in [5.74, 6) is 0.972. The topological polar surface area (TPSA) is 76.1 Å². The second-order valence-corrected chi connectivity index (χ2v) is 8.78. The maximum absolute atomic E-state index is 12.9. The van der Waals surface area contributed by atoms with Crippen LogP contribution in [0.3, 0.4) is 0 Å². The van der Waals surface area contributed by atoms with Crippen molar-refractivity contribution in [3.63, 3.8) is 0 Å². The first-order valence-corrected chi connectivity index (χ1v) is 11.2. The Bertz CT molecular complexity index is 830. The molecule has 2 atom stereocenters. The van der Waals surface area contributed by atoms with Crippen molar-refractivity contribution in [2.24, 2.45) is 11.8 Å². The van der Waals surface area contributed by atoms with Crippen LogP contribution >= 0.6 is 0 Å². The summed E-state index contributed by atoms with van der Waals surface area (Å²) in [5.41, 5.74) is 2.17. The predicted octanol–water partition coefficient (Wildman–Crippen LogP) is 1.74. The number of allylic oxidation sites excluding steroid dienone is 4. The van der Waals surface area contributed by atoms with Crippen molar-refractivity contribution >= 4 is 12.3 Å². The molecule has 2 amide bonds. The first kappa shape index (κ1) is 21.6. The molecule has 0 aromatic heterocycles. The summed E-state index contributed by atoms with van der Waals surface area (Å²) in [6, 6.07) is 10.5. The fraction of sp³-hybridized carbons (Fsp3) is 0.500. The molecule has 2 N–H and O–H groups in total. The van der Waals surface area contributed by atoms with Gasteiger partial charge in [0.2, 0.25) is 12.3 Å². The SMILES string of the molecule is O=CNC1=CC=C(O)CC1[C@@H]1CCN(CC(=O)N2CCN(Cc3ccccc3)CC2)C1. The van der Waals surface area contributed by atoms with Crippen molar-refractivity contribution in [1.82, 2.24) is 20.0 Å². The average Bonchev–Trinajstić information content (AvgIpc) is 3.24. The molecule has 2 aliphatic heterocycles. The van der Waals surface area contributed by atoms with E-state index in [0.29, 0.717) is 31.1 Å². The van der Waals surface area contributed by atoms with Gasteiger partial charge in [-0.05, 0) is 36.6 Å². The van der Waals surface area contributed by atoms with Crippen molar-refractivity contribution in [3.05, 3.63) is 59.5 Å². The van der Waals surface area contributed by atoms with Gasteiger partial charge in [-0.2, -0.15) is 0 Å². The number of rotatable bonds is 7. The number of likely N-dealkylation sites (tertiary alicyclic amines) is 1. The number of aliphatic hydroxyl groups is 1. The van der Waals surface area contributed by atoms with E-state index in [0.717, 1.165) is 57.9 Å². The van der Waals surface area contributed by atoms with Gasteiger partial charge < -0.3 is 15.3 Å². The Hall–Kier alpha value is -2.64.